The largest absolute Gasteiger partial charge is 0.385 e. The summed E-state index contributed by atoms with van der Waals surface area (Å²) >= 11 is 0. The molecule has 0 spiro atoms. The third-order valence-electron chi connectivity index (χ3n) is 2.99. The summed E-state index contributed by atoms with van der Waals surface area (Å²) in [7, 11) is 1.78. The van der Waals surface area contributed by atoms with Crippen LogP contribution in [0.4, 0.5) is 0 Å². The van der Waals surface area contributed by atoms with Gasteiger partial charge in [0.05, 0.1) is 0 Å². The fourth-order valence-electron chi connectivity index (χ4n) is 1.87. The second-order valence-electron chi connectivity index (χ2n) is 4.89. The zero-order valence-corrected chi connectivity index (χ0v) is 11.2. The van der Waals surface area contributed by atoms with Gasteiger partial charge >= 0.3 is 0 Å². The molecule has 15 heavy (non-hydrogen) atoms. The van der Waals surface area contributed by atoms with Crippen LogP contribution in [0.5, 0.6) is 0 Å². The van der Waals surface area contributed by atoms with Crippen LogP contribution < -0.4 is 5.32 Å². The van der Waals surface area contributed by atoms with Crippen molar-refractivity contribution in [2.45, 2.75) is 53.0 Å². The van der Waals surface area contributed by atoms with Crippen molar-refractivity contribution in [3.05, 3.63) is 0 Å². The smallest absolute Gasteiger partial charge is 0.0465 e. The van der Waals surface area contributed by atoms with Crippen molar-refractivity contribution in [1.82, 2.24) is 5.32 Å². The number of nitrogens with one attached hydrogen (secondary N) is 1. The molecule has 0 aliphatic heterocycles. The molecule has 0 aromatic rings. The van der Waals surface area contributed by atoms with Crippen LogP contribution in [0.2, 0.25) is 0 Å². The first-order chi connectivity index (χ1) is 7.11. The average Bonchev–Trinajstić information content (AvgIpc) is 2.20. The second kappa shape index (κ2) is 9.17. The van der Waals surface area contributed by atoms with Gasteiger partial charge in [-0.2, -0.15) is 0 Å². The summed E-state index contributed by atoms with van der Waals surface area (Å²) in [4.78, 5) is 0. The molecule has 0 bridgehead atoms. The van der Waals surface area contributed by atoms with Crippen LogP contribution in [-0.4, -0.2) is 26.3 Å². The summed E-state index contributed by atoms with van der Waals surface area (Å²) in [5.74, 6) is 1.52. The van der Waals surface area contributed by atoms with Gasteiger partial charge in [-0.1, -0.05) is 27.7 Å². The molecule has 0 fully saturated rings. The lowest BCUT2D eigenvalue weighted by Gasteiger charge is -2.25. The van der Waals surface area contributed by atoms with Gasteiger partial charge in [0, 0.05) is 19.8 Å². The highest BCUT2D eigenvalue weighted by Crippen LogP contribution is 2.16. The van der Waals surface area contributed by atoms with Crippen LogP contribution in [0.3, 0.4) is 0 Å². The van der Waals surface area contributed by atoms with Gasteiger partial charge in [-0.05, 0) is 37.6 Å². The van der Waals surface area contributed by atoms with Gasteiger partial charge in [-0.3, -0.25) is 0 Å². The lowest BCUT2D eigenvalue weighted by atomic mass is 9.92. The standard InChI is InChI=1S/C13H29NO/c1-6-14-13(8-7-11(2)3)12(4)9-10-15-5/h11-14H,6-10H2,1-5H3. The number of methoxy groups -OCH3 is 1. The zero-order chi connectivity index (χ0) is 11.7. The molecule has 0 aliphatic rings. The van der Waals surface area contributed by atoms with E-state index in [9.17, 15) is 0 Å². The highest BCUT2D eigenvalue weighted by Gasteiger charge is 2.15. The minimum Gasteiger partial charge on any atom is -0.385 e. The second-order valence-corrected chi connectivity index (χ2v) is 4.89. The van der Waals surface area contributed by atoms with E-state index in [-0.39, 0.29) is 0 Å². The van der Waals surface area contributed by atoms with Crippen LogP contribution in [0, 0.1) is 11.8 Å². The van der Waals surface area contributed by atoms with Crippen molar-refractivity contribution < 1.29 is 4.74 Å². The van der Waals surface area contributed by atoms with Crippen molar-refractivity contribution in [2.75, 3.05) is 20.3 Å². The first-order valence-electron chi connectivity index (χ1n) is 6.34. The van der Waals surface area contributed by atoms with E-state index in [1.165, 1.54) is 12.8 Å². The van der Waals surface area contributed by atoms with Crippen molar-refractivity contribution in [2.24, 2.45) is 11.8 Å². The number of rotatable bonds is 9. The van der Waals surface area contributed by atoms with Gasteiger partial charge in [0.2, 0.25) is 0 Å². The van der Waals surface area contributed by atoms with Crippen molar-refractivity contribution in [3.63, 3.8) is 0 Å². The van der Waals surface area contributed by atoms with Crippen LogP contribution in [0.1, 0.15) is 47.0 Å². The molecule has 0 aromatic carbocycles. The van der Waals surface area contributed by atoms with Crippen LogP contribution in [-0.2, 0) is 4.74 Å². The molecule has 2 heteroatoms. The monoisotopic (exact) mass is 215 g/mol. The van der Waals surface area contributed by atoms with Gasteiger partial charge in [-0.15, -0.1) is 0 Å². The fourth-order valence-corrected chi connectivity index (χ4v) is 1.87. The summed E-state index contributed by atoms with van der Waals surface area (Å²) in [5, 5.41) is 3.59. The number of hydrogen-bond acceptors (Lipinski definition) is 2. The zero-order valence-electron chi connectivity index (χ0n) is 11.2. The average molecular weight is 215 g/mol. The Bertz CT molecular complexity index is 136. The molecule has 0 radical (unpaired) electrons. The van der Waals surface area contributed by atoms with Gasteiger partial charge in [-0.25, -0.2) is 0 Å². The normalized spacial score (nSPS) is 15.6. The summed E-state index contributed by atoms with van der Waals surface area (Å²) in [6.07, 6.45) is 3.76. The van der Waals surface area contributed by atoms with E-state index in [1.807, 2.05) is 0 Å². The van der Waals surface area contributed by atoms with E-state index in [4.69, 9.17) is 4.74 Å². The quantitative estimate of drug-likeness (QED) is 0.638. The van der Waals surface area contributed by atoms with Gasteiger partial charge in [0.25, 0.3) is 0 Å². The maximum atomic E-state index is 5.14. The Labute approximate surface area is 95.8 Å². The molecule has 0 saturated carbocycles. The molecule has 1 N–H and O–H groups in total. The number of hydrogen-bond donors (Lipinski definition) is 1. The molecule has 0 aliphatic carbocycles. The molecule has 0 heterocycles. The Hall–Kier alpha value is -0.0800. The van der Waals surface area contributed by atoms with E-state index in [0.717, 1.165) is 25.5 Å². The van der Waals surface area contributed by atoms with E-state index >= 15 is 0 Å². The Morgan fingerprint density at radius 2 is 1.73 bits per heavy atom. The summed E-state index contributed by atoms with van der Waals surface area (Å²) in [6.45, 7) is 11.1. The summed E-state index contributed by atoms with van der Waals surface area (Å²) < 4.78 is 5.14. The van der Waals surface area contributed by atoms with E-state index in [2.05, 4.69) is 33.0 Å². The van der Waals surface area contributed by atoms with Crippen LogP contribution in [0.25, 0.3) is 0 Å². The Balaban J connectivity index is 3.88. The predicted molar refractivity (Wildman–Crippen MR) is 67.2 cm³/mol. The Morgan fingerprint density at radius 3 is 2.20 bits per heavy atom. The molecule has 2 unspecified atom stereocenters. The molecule has 0 amide bonds. The van der Waals surface area contributed by atoms with Gasteiger partial charge in [0.1, 0.15) is 0 Å². The lowest BCUT2D eigenvalue weighted by Crippen LogP contribution is -2.35. The van der Waals surface area contributed by atoms with Gasteiger partial charge < -0.3 is 10.1 Å². The minimum atomic E-state index is 0.660. The first-order valence-corrected chi connectivity index (χ1v) is 6.34. The van der Waals surface area contributed by atoms with Crippen molar-refractivity contribution in [3.8, 4) is 0 Å². The molecular weight excluding hydrogens is 186 g/mol. The SMILES string of the molecule is CCNC(CCC(C)C)C(C)CCOC. The molecule has 92 valence electrons. The van der Waals surface area contributed by atoms with Crippen LogP contribution in [0.15, 0.2) is 0 Å². The third kappa shape index (κ3) is 7.80. The Kier molecular flexibility index (Phi) is 9.12. The summed E-state index contributed by atoms with van der Waals surface area (Å²) in [5.41, 5.74) is 0. The summed E-state index contributed by atoms with van der Waals surface area (Å²) in [6, 6.07) is 0.660. The molecular formula is C13H29NO. The highest BCUT2D eigenvalue weighted by molar-refractivity contribution is 4.73. The first kappa shape index (κ1) is 14.9. The fraction of sp³-hybridized carbons (Fsp3) is 1.00. The highest BCUT2D eigenvalue weighted by atomic mass is 16.5. The molecule has 0 aromatic heterocycles. The van der Waals surface area contributed by atoms with Crippen molar-refractivity contribution >= 4 is 0 Å². The topological polar surface area (TPSA) is 21.3 Å². The molecule has 0 saturated heterocycles. The maximum Gasteiger partial charge on any atom is 0.0465 e. The van der Waals surface area contributed by atoms with Crippen LogP contribution >= 0.6 is 0 Å². The van der Waals surface area contributed by atoms with E-state index in [0.29, 0.717) is 12.0 Å². The number of ether oxygens (including phenoxy) is 1. The maximum absolute atomic E-state index is 5.14. The molecule has 2 nitrogen and oxygen atoms in total. The lowest BCUT2D eigenvalue weighted by molar-refractivity contribution is 0.167. The molecule has 0 rings (SSSR count). The third-order valence-corrected chi connectivity index (χ3v) is 2.99. The minimum absolute atomic E-state index is 0.660. The van der Waals surface area contributed by atoms with Crippen molar-refractivity contribution in [1.29, 1.82) is 0 Å². The van der Waals surface area contributed by atoms with E-state index in [1.54, 1.807) is 7.11 Å². The molecule has 2 atom stereocenters. The van der Waals surface area contributed by atoms with Gasteiger partial charge in [0.15, 0.2) is 0 Å². The predicted octanol–water partition coefficient (Wildman–Crippen LogP) is 3.07. The Morgan fingerprint density at radius 1 is 1.07 bits per heavy atom. The van der Waals surface area contributed by atoms with E-state index < -0.39 is 0 Å².